The molecule has 0 amide bonds. The second-order valence-electron chi connectivity index (χ2n) is 5.19. The van der Waals surface area contributed by atoms with E-state index in [1.54, 1.807) is 11.8 Å². The first kappa shape index (κ1) is 16.5. The number of hydrogen-bond donors (Lipinski definition) is 1. The van der Waals surface area contributed by atoms with Crippen LogP contribution in [0, 0.1) is 13.8 Å². The number of halogens is 1. The molecule has 21 heavy (non-hydrogen) atoms. The average molecular weight is 365 g/mol. The van der Waals surface area contributed by atoms with Gasteiger partial charge in [0.2, 0.25) is 0 Å². The molecular weight excluding hydrogens is 344 g/mol. The molecule has 0 aliphatic carbocycles. The monoisotopic (exact) mass is 364 g/mol. The Bertz CT molecular complexity index is 608. The van der Waals surface area contributed by atoms with E-state index in [1.165, 1.54) is 16.0 Å². The number of aryl methyl sites for hydroxylation is 2. The zero-order valence-corrected chi connectivity index (χ0v) is 15.3. The highest BCUT2D eigenvalue weighted by atomic mass is 79.9. The molecule has 0 radical (unpaired) electrons. The molecule has 0 bridgehead atoms. The lowest BCUT2D eigenvalue weighted by atomic mass is 10.1. The zero-order valence-electron chi connectivity index (χ0n) is 12.9. The first-order valence-corrected chi connectivity index (χ1v) is 8.76. The smallest absolute Gasteiger partial charge is 0.101 e. The molecule has 2 aromatic rings. The van der Waals surface area contributed by atoms with Crippen LogP contribution in [0.2, 0.25) is 0 Å². The standard InChI is InChI=1S/C17H21BrN2S/c1-5-19-13(4)15-7-6-14(10-16(15)18)21-17-9-11(2)8-12(3)20-17/h6-10,13,19H,5H2,1-4H3. The van der Waals surface area contributed by atoms with Crippen LogP contribution >= 0.6 is 27.7 Å². The highest BCUT2D eigenvalue weighted by Crippen LogP contribution is 2.32. The Balaban J connectivity index is 2.20. The van der Waals surface area contributed by atoms with Crippen LogP contribution in [0.3, 0.4) is 0 Å². The SMILES string of the molecule is CCNC(C)c1ccc(Sc2cc(C)cc(C)n2)cc1Br. The van der Waals surface area contributed by atoms with E-state index < -0.39 is 0 Å². The van der Waals surface area contributed by atoms with Gasteiger partial charge in [-0.2, -0.15) is 0 Å². The first-order chi connectivity index (χ1) is 9.99. The number of pyridine rings is 1. The molecule has 2 rings (SSSR count). The van der Waals surface area contributed by atoms with E-state index in [9.17, 15) is 0 Å². The largest absolute Gasteiger partial charge is 0.310 e. The van der Waals surface area contributed by atoms with Crippen LogP contribution in [-0.2, 0) is 0 Å². The number of nitrogens with one attached hydrogen (secondary N) is 1. The molecule has 4 heteroatoms. The Morgan fingerprint density at radius 3 is 2.62 bits per heavy atom. The average Bonchev–Trinajstić information content (AvgIpc) is 2.37. The van der Waals surface area contributed by atoms with E-state index in [0.717, 1.165) is 21.7 Å². The molecule has 1 N–H and O–H groups in total. The van der Waals surface area contributed by atoms with Gasteiger partial charge in [0, 0.05) is 21.1 Å². The van der Waals surface area contributed by atoms with Gasteiger partial charge in [0.25, 0.3) is 0 Å². The molecule has 1 aromatic carbocycles. The van der Waals surface area contributed by atoms with Crippen LogP contribution in [0.25, 0.3) is 0 Å². The molecule has 0 saturated carbocycles. The maximum atomic E-state index is 4.58. The first-order valence-electron chi connectivity index (χ1n) is 7.15. The van der Waals surface area contributed by atoms with Crippen molar-refractivity contribution in [2.24, 2.45) is 0 Å². The van der Waals surface area contributed by atoms with E-state index in [-0.39, 0.29) is 0 Å². The van der Waals surface area contributed by atoms with Crippen molar-refractivity contribution in [3.8, 4) is 0 Å². The minimum atomic E-state index is 0.350. The van der Waals surface area contributed by atoms with Gasteiger partial charge in [-0.1, -0.05) is 40.7 Å². The summed E-state index contributed by atoms with van der Waals surface area (Å²) < 4.78 is 1.14. The second kappa shape index (κ2) is 7.43. The molecule has 0 aliphatic rings. The van der Waals surface area contributed by atoms with E-state index in [4.69, 9.17) is 0 Å². The Morgan fingerprint density at radius 2 is 2.00 bits per heavy atom. The van der Waals surface area contributed by atoms with E-state index in [2.05, 4.69) is 77.3 Å². The highest BCUT2D eigenvalue weighted by molar-refractivity contribution is 9.10. The molecule has 2 nitrogen and oxygen atoms in total. The molecule has 112 valence electrons. The van der Waals surface area contributed by atoms with Crippen LogP contribution in [-0.4, -0.2) is 11.5 Å². The van der Waals surface area contributed by atoms with Crippen LogP contribution in [0.15, 0.2) is 44.7 Å². The lowest BCUT2D eigenvalue weighted by Gasteiger charge is -2.15. The summed E-state index contributed by atoms with van der Waals surface area (Å²) in [4.78, 5) is 5.78. The summed E-state index contributed by atoms with van der Waals surface area (Å²) in [6, 6.07) is 11.1. The minimum absolute atomic E-state index is 0.350. The quantitative estimate of drug-likeness (QED) is 0.780. The molecule has 0 spiro atoms. The van der Waals surface area contributed by atoms with E-state index >= 15 is 0 Å². The summed E-state index contributed by atoms with van der Waals surface area (Å²) in [5.41, 5.74) is 3.60. The van der Waals surface area contributed by atoms with Gasteiger partial charge in [-0.3, -0.25) is 0 Å². The van der Waals surface area contributed by atoms with Gasteiger partial charge in [0.05, 0.1) is 0 Å². The molecular formula is C17H21BrN2S. The molecule has 1 heterocycles. The molecule has 1 unspecified atom stereocenters. The third kappa shape index (κ3) is 4.56. The fourth-order valence-corrected chi connectivity index (χ4v) is 4.18. The van der Waals surface area contributed by atoms with Crippen molar-refractivity contribution in [2.75, 3.05) is 6.54 Å². The van der Waals surface area contributed by atoms with Gasteiger partial charge in [-0.05, 0) is 62.7 Å². The number of aromatic nitrogens is 1. The summed E-state index contributed by atoms with van der Waals surface area (Å²) in [5, 5.41) is 4.49. The lowest BCUT2D eigenvalue weighted by molar-refractivity contribution is 0.595. The Labute approximate surface area is 139 Å². The normalized spacial score (nSPS) is 12.4. The summed E-state index contributed by atoms with van der Waals surface area (Å²) in [6.07, 6.45) is 0. The van der Waals surface area contributed by atoms with E-state index in [0.29, 0.717) is 6.04 Å². The predicted molar refractivity (Wildman–Crippen MR) is 94.1 cm³/mol. The van der Waals surface area contributed by atoms with Gasteiger partial charge in [-0.15, -0.1) is 0 Å². The summed E-state index contributed by atoms with van der Waals surface area (Å²) in [6.45, 7) is 9.42. The number of hydrogen-bond acceptors (Lipinski definition) is 3. The van der Waals surface area contributed by atoms with Crippen molar-refractivity contribution in [2.45, 2.75) is 43.7 Å². The van der Waals surface area contributed by atoms with Gasteiger partial charge in [0.15, 0.2) is 0 Å². The van der Waals surface area contributed by atoms with Gasteiger partial charge in [-0.25, -0.2) is 4.98 Å². The number of rotatable bonds is 5. The molecule has 1 aromatic heterocycles. The fourth-order valence-electron chi connectivity index (χ4n) is 2.32. The topological polar surface area (TPSA) is 24.9 Å². The molecule has 0 saturated heterocycles. The summed E-state index contributed by atoms with van der Waals surface area (Å²) in [5.74, 6) is 0. The Hall–Kier alpha value is -0.840. The van der Waals surface area contributed by atoms with Crippen molar-refractivity contribution in [1.29, 1.82) is 0 Å². The molecule has 0 fully saturated rings. The summed E-state index contributed by atoms with van der Waals surface area (Å²) in [7, 11) is 0. The Kier molecular flexibility index (Phi) is 5.85. The van der Waals surface area contributed by atoms with Crippen molar-refractivity contribution in [3.63, 3.8) is 0 Å². The third-order valence-corrected chi connectivity index (χ3v) is 4.84. The minimum Gasteiger partial charge on any atom is -0.310 e. The third-order valence-electron chi connectivity index (χ3n) is 3.25. The molecule has 1 atom stereocenters. The molecule has 0 aliphatic heterocycles. The van der Waals surface area contributed by atoms with Crippen LogP contribution < -0.4 is 5.32 Å². The van der Waals surface area contributed by atoms with Gasteiger partial charge >= 0.3 is 0 Å². The van der Waals surface area contributed by atoms with Gasteiger partial charge in [0.1, 0.15) is 5.03 Å². The van der Waals surface area contributed by atoms with Crippen molar-refractivity contribution >= 4 is 27.7 Å². The van der Waals surface area contributed by atoms with Crippen LogP contribution in [0.1, 0.15) is 36.7 Å². The fraction of sp³-hybridized carbons (Fsp3) is 0.353. The maximum absolute atomic E-state index is 4.58. The highest BCUT2D eigenvalue weighted by Gasteiger charge is 2.09. The summed E-state index contributed by atoms with van der Waals surface area (Å²) >= 11 is 5.39. The lowest BCUT2D eigenvalue weighted by Crippen LogP contribution is -2.18. The second-order valence-corrected chi connectivity index (χ2v) is 7.14. The van der Waals surface area contributed by atoms with Crippen molar-refractivity contribution in [3.05, 3.63) is 51.6 Å². The van der Waals surface area contributed by atoms with Crippen molar-refractivity contribution < 1.29 is 0 Å². The van der Waals surface area contributed by atoms with Crippen LogP contribution in [0.5, 0.6) is 0 Å². The number of benzene rings is 1. The predicted octanol–water partition coefficient (Wildman–Crippen LogP) is 5.28. The van der Waals surface area contributed by atoms with E-state index in [1.807, 2.05) is 6.92 Å². The maximum Gasteiger partial charge on any atom is 0.101 e. The van der Waals surface area contributed by atoms with Crippen molar-refractivity contribution in [1.82, 2.24) is 10.3 Å². The Morgan fingerprint density at radius 1 is 1.24 bits per heavy atom. The van der Waals surface area contributed by atoms with Crippen LogP contribution in [0.4, 0.5) is 0 Å². The zero-order chi connectivity index (χ0) is 15.4. The van der Waals surface area contributed by atoms with Gasteiger partial charge < -0.3 is 5.32 Å². The number of nitrogens with zero attached hydrogens (tertiary/aromatic N) is 1.